The summed E-state index contributed by atoms with van der Waals surface area (Å²) in [5, 5.41) is 0. The number of benzene rings is 2. The van der Waals surface area contributed by atoms with E-state index in [1.165, 1.54) is 34.3 Å². The van der Waals surface area contributed by atoms with E-state index in [0.29, 0.717) is 5.92 Å². The van der Waals surface area contributed by atoms with Crippen molar-refractivity contribution in [2.24, 2.45) is 0 Å². The third-order valence-electron chi connectivity index (χ3n) is 5.03. The van der Waals surface area contributed by atoms with E-state index in [-0.39, 0.29) is 12.4 Å². The standard InChI is InChI=1S/C18H13.C3H6.CH3O.ClH.Zr/c1-2-8-13(7-1)18-16-11-5-3-9-14(16)15-10-4-6-12-17(15)18;1-3-2;1-2;;/h1-7,9-11,18H,8H2;1-2H3;1H3;1H;/q;;-1;;+2/p-1. The van der Waals surface area contributed by atoms with E-state index in [4.69, 9.17) is 2.81 Å². The minimum atomic E-state index is -2.19. The van der Waals surface area contributed by atoms with Gasteiger partial charge in [-0.1, -0.05) is 0 Å². The van der Waals surface area contributed by atoms with Crippen LogP contribution in [0.3, 0.4) is 0 Å². The van der Waals surface area contributed by atoms with Crippen LogP contribution in [-0.4, -0.2) is 10.3 Å². The fraction of sp³-hybridized carbons (Fsp3) is 0.227. The summed E-state index contributed by atoms with van der Waals surface area (Å²) in [5.41, 5.74) is 7.31. The van der Waals surface area contributed by atoms with Gasteiger partial charge in [0.05, 0.1) is 0 Å². The van der Waals surface area contributed by atoms with Gasteiger partial charge >= 0.3 is 153 Å². The van der Waals surface area contributed by atoms with Crippen molar-refractivity contribution in [2.45, 2.75) is 26.2 Å². The van der Waals surface area contributed by atoms with Crippen molar-refractivity contribution < 1.29 is 36.9 Å². The van der Waals surface area contributed by atoms with Gasteiger partial charge in [0.15, 0.2) is 0 Å². The molecule has 1 atom stereocenters. The van der Waals surface area contributed by atoms with Gasteiger partial charge < -0.3 is 12.4 Å². The van der Waals surface area contributed by atoms with Crippen LogP contribution >= 0.6 is 0 Å². The number of hydrogen-bond acceptors (Lipinski definition) is 1. The van der Waals surface area contributed by atoms with Crippen molar-refractivity contribution in [3.8, 4) is 11.1 Å². The van der Waals surface area contributed by atoms with Crippen molar-refractivity contribution in [1.82, 2.24) is 0 Å². The summed E-state index contributed by atoms with van der Waals surface area (Å²) in [6.45, 7) is 4.48. The molecule has 0 N–H and O–H groups in total. The first kappa shape index (κ1) is 18.7. The van der Waals surface area contributed by atoms with Gasteiger partial charge in [-0.3, -0.25) is 0 Å². The Bertz CT molecular complexity index is 904. The van der Waals surface area contributed by atoms with Crippen LogP contribution in [0.25, 0.3) is 11.1 Å². The third-order valence-corrected chi connectivity index (χ3v) is 10.5. The molecule has 0 saturated heterocycles. The predicted molar refractivity (Wildman–Crippen MR) is 98.6 cm³/mol. The SMILES string of the molecule is C[O][Zr+](=[C](C)C)[c]1cccc2c1C(C1=CC=CC1)c1ccccc1-2.[Cl-]. The van der Waals surface area contributed by atoms with Crippen molar-refractivity contribution >= 4 is 6.48 Å². The Morgan fingerprint density at radius 1 is 1.04 bits per heavy atom. The molecule has 2 aliphatic carbocycles. The van der Waals surface area contributed by atoms with E-state index in [1.54, 1.807) is 0 Å². The summed E-state index contributed by atoms with van der Waals surface area (Å²) < 4.78 is 9.05. The molecule has 127 valence electrons. The monoisotopic (exact) mass is 427 g/mol. The van der Waals surface area contributed by atoms with Gasteiger partial charge in [0.1, 0.15) is 0 Å². The van der Waals surface area contributed by atoms with Crippen molar-refractivity contribution in [3.63, 3.8) is 0 Å². The van der Waals surface area contributed by atoms with Crippen LogP contribution in [0.5, 0.6) is 0 Å². The molecule has 0 amide bonds. The zero-order chi connectivity index (χ0) is 16.7. The van der Waals surface area contributed by atoms with E-state index in [1.807, 2.05) is 7.11 Å². The van der Waals surface area contributed by atoms with Crippen LogP contribution in [0.4, 0.5) is 0 Å². The average Bonchev–Trinajstić information content (AvgIpc) is 3.21. The second kappa shape index (κ2) is 7.66. The molecule has 0 spiro atoms. The summed E-state index contributed by atoms with van der Waals surface area (Å²) in [7, 11) is 1.90. The minimum absolute atomic E-state index is 0. The Kier molecular flexibility index (Phi) is 5.73. The maximum absolute atomic E-state index is 6.06. The normalized spacial score (nSPS) is 16.8. The molecule has 1 unspecified atom stereocenters. The van der Waals surface area contributed by atoms with E-state index >= 15 is 0 Å². The molecule has 2 aliphatic rings. The molecular formula is C22H22ClOZr. The fourth-order valence-corrected chi connectivity index (χ4v) is 8.87. The number of hydrogen-bond donors (Lipinski definition) is 0. The largest absolute Gasteiger partial charge is 1.00 e. The van der Waals surface area contributed by atoms with Crippen LogP contribution in [0.1, 0.15) is 37.3 Å². The van der Waals surface area contributed by atoms with Crippen LogP contribution in [0.2, 0.25) is 0 Å². The van der Waals surface area contributed by atoms with Crippen LogP contribution in [0, 0.1) is 0 Å². The summed E-state index contributed by atoms with van der Waals surface area (Å²) >= 11 is -2.19. The van der Waals surface area contributed by atoms with Gasteiger partial charge in [0.25, 0.3) is 0 Å². The minimum Gasteiger partial charge on any atom is -1.00 e. The molecule has 25 heavy (non-hydrogen) atoms. The molecule has 0 aliphatic heterocycles. The summed E-state index contributed by atoms with van der Waals surface area (Å²) in [4.78, 5) is 0. The van der Waals surface area contributed by atoms with Gasteiger partial charge in [-0.25, -0.2) is 0 Å². The average molecular weight is 429 g/mol. The number of fused-ring (bicyclic) bond motifs is 3. The summed E-state index contributed by atoms with van der Waals surface area (Å²) in [6.07, 6.45) is 7.84. The molecule has 3 heteroatoms. The second-order valence-electron chi connectivity index (χ2n) is 6.69. The fourth-order valence-electron chi connectivity index (χ4n) is 4.11. The molecular weight excluding hydrogens is 407 g/mol. The first-order valence-corrected chi connectivity index (χ1v) is 12.0. The number of halogens is 1. The maximum atomic E-state index is 6.06. The molecule has 2 aromatic rings. The smallest absolute Gasteiger partial charge is 1.00 e. The second-order valence-corrected chi connectivity index (χ2v) is 13.1. The molecule has 0 bridgehead atoms. The molecule has 0 aromatic heterocycles. The summed E-state index contributed by atoms with van der Waals surface area (Å²) in [5.74, 6) is 0.396. The van der Waals surface area contributed by atoms with Crippen LogP contribution in [0.15, 0.2) is 66.3 Å². The van der Waals surface area contributed by atoms with Crippen molar-refractivity contribution in [1.29, 1.82) is 0 Å². The Labute approximate surface area is 164 Å². The van der Waals surface area contributed by atoms with Crippen molar-refractivity contribution in [2.75, 3.05) is 7.11 Å². The molecule has 2 aromatic carbocycles. The first-order valence-electron chi connectivity index (χ1n) is 8.52. The van der Waals surface area contributed by atoms with Crippen LogP contribution in [-0.2, 0) is 24.5 Å². The van der Waals surface area contributed by atoms with Gasteiger partial charge in [-0.15, -0.1) is 0 Å². The molecule has 4 rings (SSSR count). The van der Waals surface area contributed by atoms with Gasteiger partial charge in [-0.2, -0.15) is 0 Å². The summed E-state index contributed by atoms with van der Waals surface area (Å²) in [6, 6.07) is 15.8. The molecule has 0 radical (unpaired) electrons. The van der Waals surface area contributed by atoms with E-state index in [9.17, 15) is 0 Å². The molecule has 0 heterocycles. The zero-order valence-electron chi connectivity index (χ0n) is 14.8. The van der Waals surface area contributed by atoms with Gasteiger partial charge in [0, 0.05) is 0 Å². The van der Waals surface area contributed by atoms with E-state index in [2.05, 4.69) is 74.5 Å². The predicted octanol–water partition coefficient (Wildman–Crippen LogP) is 1.71. The Hall–Kier alpha value is -1.08. The topological polar surface area (TPSA) is 9.23 Å². The Morgan fingerprint density at radius 3 is 2.48 bits per heavy atom. The van der Waals surface area contributed by atoms with Crippen molar-refractivity contribution in [3.05, 3.63) is 77.4 Å². The van der Waals surface area contributed by atoms with Gasteiger partial charge in [0.2, 0.25) is 0 Å². The number of rotatable bonds is 3. The number of allylic oxidation sites excluding steroid dienone is 4. The first-order chi connectivity index (χ1) is 11.7. The molecule has 0 fully saturated rings. The zero-order valence-corrected chi connectivity index (χ0v) is 18.1. The van der Waals surface area contributed by atoms with Gasteiger partial charge in [-0.05, 0) is 0 Å². The molecule has 1 nitrogen and oxygen atoms in total. The maximum Gasteiger partial charge on any atom is -1.00 e. The Morgan fingerprint density at radius 2 is 1.80 bits per heavy atom. The molecule has 0 saturated carbocycles. The van der Waals surface area contributed by atoms with E-state index < -0.39 is 21.7 Å². The van der Waals surface area contributed by atoms with E-state index in [0.717, 1.165) is 6.42 Å². The third kappa shape index (κ3) is 3.10. The van der Waals surface area contributed by atoms with Crippen LogP contribution < -0.4 is 15.7 Å². The Balaban J connectivity index is 0.00000182. The quantitative estimate of drug-likeness (QED) is 0.723.